The zero-order valence-electron chi connectivity index (χ0n) is 10.4. The van der Waals surface area contributed by atoms with E-state index < -0.39 is 0 Å². The van der Waals surface area contributed by atoms with Gasteiger partial charge in [-0.1, -0.05) is 29.3 Å². The van der Waals surface area contributed by atoms with Gasteiger partial charge in [0.25, 0.3) is 5.91 Å². The summed E-state index contributed by atoms with van der Waals surface area (Å²) in [7, 11) is 0. The fourth-order valence-electron chi connectivity index (χ4n) is 1.57. The van der Waals surface area contributed by atoms with E-state index in [1.54, 1.807) is 42.5 Å². The first-order chi connectivity index (χ1) is 9.52. The predicted molar refractivity (Wildman–Crippen MR) is 81.4 cm³/mol. The number of hydrogen-bond donors (Lipinski definition) is 2. The molecule has 0 heterocycles. The Balaban J connectivity index is 1.92. The molecule has 0 unspecified atom stereocenters. The van der Waals surface area contributed by atoms with Gasteiger partial charge in [-0.15, -0.1) is 0 Å². The highest BCUT2D eigenvalue weighted by Crippen LogP contribution is 2.24. The lowest BCUT2D eigenvalue weighted by Gasteiger charge is -2.08. The van der Waals surface area contributed by atoms with Crippen LogP contribution in [0.1, 0.15) is 0 Å². The lowest BCUT2D eigenvalue weighted by Crippen LogP contribution is -2.20. The number of nitrogen functional groups attached to an aromatic ring is 1. The molecule has 0 atom stereocenters. The molecule has 0 aliphatic carbocycles. The first kappa shape index (κ1) is 14.5. The number of carbonyl (C=O) groups excluding carboxylic acids is 1. The third-order valence-electron chi connectivity index (χ3n) is 2.38. The molecule has 0 aliphatic rings. The largest absolute Gasteiger partial charge is 0.484 e. The molecule has 2 aromatic rings. The molecule has 2 rings (SSSR count). The van der Waals surface area contributed by atoms with E-state index in [9.17, 15) is 4.79 Å². The van der Waals surface area contributed by atoms with Crippen LogP contribution >= 0.6 is 23.2 Å². The summed E-state index contributed by atoms with van der Waals surface area (Å²) in [4.78, 5) is 11.7. The number of nitrogens with two attached hydrogens (primary N) is 1. The first-order valence-corrected chi connectivity index (χ1v) is 6.53. The number of amides is 1. The van der Waals surface area contributed by atoms with Gasteiger partial charge >= 0.3 is 0 Å². The fraction of sp³-hybridized carbons (Fsp3) is 0.0714. The van der Waals surface area contributed by atoms with Crippen molar-refractivity contribution in [3.63, 3.8) is 0 Å². The van der Waals surface area contributed by atoms with Gasteiger partial charge in [0.05, 0.1) is 0 Å². The number of ether oxygens (including phenoxy) is 1. The molecule has 6 heteroatoms. The second-order valence-corrected chi connectivity index (χ2v) is 4.94. The molecule has 4 nitrogen and oxygen atoms in total. The molecule has 0 bridgehead atoms. The van der Waals surface area contributed by atoms with Crippen LogP contribution in [0.15, 0.2) is 42.5 Å². The van der Waals surface area contributed by atoms with Crippen LogP contribution in [-0.4, -0.2) is 12.5 Å². The first-order valence-electron chi connectivity index (χ1n) is 5.77. The minimum atomic E-state index is -0.299. The number of halogens is 2. The summed E-state index contributed by atoms with van der Waals surface area (Å²) in [5, 5.41) is 3.57. The molecular formula is C14H12Cl2N2O2. The number of benzene rings is 2. The Hall–Kier alpha value is -1.91. The lowest BCUT2D eigenvalue weighted by molar-refractivity contribution is -0.118. The van der Waals surface area contributed by atoms with Crippen molar-refractivity contribution in [1.29, 1.82) is 0 Å². The molecule has 20 heavy (non-hydrogen) atoms. The molecule has 104 valence electrons. The maximum absolute atomic E-state index is 11.7. The summed E-state index contributed by atoms with van der Waals surface area (Å²) in [6.45, 7) is -0.147. The van der Waals surface area contributed by atoms with Crippen LogP contribution in [0.25, 0.3) is 0 Å². The molecule has 2 aromatic carbocycles. The maximum Gasteiger partial charge on any atom is 0.262 e. The van der Waals surface area contributed by atoms with Gasteiger partial charge in [0.15, 0.2) is 6.61 Å². The van der Waals surface area contributed by atoms with Gasteiger partial charge in [-0.25, -0.2) is 0 Å². The zero-order valence-corrected chi connectivity index (χ0v) is 11.9. The third kappa shape index (κ3) is 4.33. The molecule has 0 radical (unpaired) electrons. The van der Waals surface area contributed by atoms with Crippen molar-refractivity contribution < 1.29 is 9.53 Å². The molecule has 1 amide bonds. The van der Waals surface area contributed by atoms with Crippen molar-refractivity contribution in [2.75, 3.05) is 17.7 Å². The van der Waals surface area contributed by atoms with Gasteiger partial charge in [-0.05, 0) is 36.4 Å². The van der Waals surface area contributed by atoms with E-state index in [-0.39, 0.29) is 12.5 Å². The fourth-order valence-corrected chi connectivity index (χ4v) is 2.08. The van der Waals surface area contributed by atoms with Crippen LogP contribution in [0.3, 0.4) is 0 Å². The van der Waals surface area contributed by atoms with E-state index >= 15 is 0 Å². The number of rotatable bonds is 4. The topological polar surface area (TPSA) is 64.3 Å². The third-order valence-corrected chi connectivity index (χ3v) is 2.81. The van der Waals surface area contributed by atoms with Crippen molar-refractivity contribution in [3.8, 4) is 5.75 Å². The number of anilines is 2. The van der Waals surface area contributed by atoms with Crippen LogP contribution in [0, 0.1) is 0 Å². The number of carbonyl (C=O) groups is 1. The van der Waals surface area contributed by atoms with E-state index in [1.807, 2.05) is 0 Å². The molecular weight excluding hydrogens is 299 g/mol. The van der Waals surface area contributed by atoms with Crippen molar-refractivity contribution in [3.05, 3.63) is 52.5 Å². The van der Waals surface area contributed by atoms with Gasteiger partial charge in [-0.3, -0.25) is 4.79 Å². The second kappa shape index (κ2) is 6.50. The Morgan fingerprint density at radius 1 is 1.15 bits per heavy atom. The summed E-state index contributed by atoms with van der Waals surface area (Å²) in [6.07, 6.45) is 0. The molecule has 0 fully saturated rings. The predicted octanol–water partition coefficient (Wildman–Crippen LogP) is 3.59. The highest BCUT2D eigenvalue weighted by molar-refractivity contribution is 6.34. The van der Waals surface area contributed by atoms with E-state index in [4.69, 9.17) is 33.7 Å². The Morgan fingerprint density at radius 3 is 2.50 bits per heavy atom. The quantitative estimate of drug-likeness (QED) is 0.848. The smallest absolute Gasteiger partial charge is 0.262 e. The summed E-state index contributed by atoms with van der Waals surface area (Å²) >= 11 is 11.7. The Labute approximate surface area is 126 Å². The van der Waals surface area contributed by atoms with Gasteiger partial charge in [0.2, 0.25) is 0 Å². The van der Waals surface area contributed by atoms with Crippen molar-refractivity contribution >= 4 is 40.5 Å². The monoisotopic (exact) mass is 310 g/mol. The Kier molecular flexibility index (Phi) is 4.71. The van der Waals surface area contributed by atoms with E-state index in [0.717, 1.165) is 0 Å². The normalized spacial score (nSPS) is 10.1. The van der Waals surface area contributed by atoms with E-state index in [0.29, 0.717) is 27.2 Å². The summed E-state index contributed by atoms with van der Waals surface area (Å²) in [6, 6.07) is 11.6. The van der Waals surface area contributed by atoms with Crippen molar-refractivity contribution in [1.82, 2.24) is 0 Å². The molecule has 3 N–H and O–H groups in total. The van der Waals surface area contributed by atoms with Gasteiger partial charge in [0.1, 0.15) is 5.75 Å². The highest BCUT2D eigenvalue weighted by atomic mass is 35.5. The van der Waals surface area contributed by atoms with Crippen LogP contribution < -0.4 is 15.8 Å². The minimum absolute atomic E-state index is 0.147. The molecule has 0 saturated carbocycles. The van der Waals surface area contributed by atoms with E-state index in [1.165, 1.54) is 0 Å². The minimum Gasteiger partial charge on any atom is -0.484 e. The van der Waals surface area contributed by atoms with Gasteiger partial charge < -0.3 is 15.8 Å². The van der Waals surface area contributed by atoms with Gasteiger partial charge in [-0.2, -0.15) is 0 Å². The van der Waals surface area contributed by atoms with Crippen molar-refractivity contribution in [2.24, 2.45) is 0 Å². The van der Waals surface area contributed by atoms with Gasteiger partial charge in [0, 0.05) is 21.4 Å². The second-order valence-electron chi connectivity index (χ2n) is 4.07. The van der Waals surface area contributed by atoms with Crippen molar-refractivity contribution in [2.45, 2.75) is 0 Å². The standard InChI is InChI=1S/C14H12Cl2N2O2/c15-9-4-10(16)6-13(5-9)20-8-14(19)18-12-3-1-2-11(17)7-12/h1-7H,8,17H2,(H,18,19). The Morgan fingerprint density at radius 2 is 1.85 bits per heavy atom. The highest BCUT2D eigenvalue weighted by Gasteiger charge is 2.05. The Bertz CT molecular complexity index is 612. The molecule has 0 aromatic heterocycles. The average molecular weight is 311 g/mol. The molecule has 0 aliphatic heterocycles. The number of hydrogen-bond acceptors (Lipinski definition) is 3. The summed E-state index contributed by atoms with van der Waals surface area (Å²) in [5.41, 5.74) is 6.81. The summed E-state index contributed by atoms with van der Waals surface area (Å²) in [5.74, 6) is 0.136. The lowest BCUT2D eigenvalue weighted by atomic mass is 10.3. The maximum atomic E-state index is 11.7. The molecule has 0 spiro atoms. The summed E-state index contributed by atoms with van der Waals surface area (Å²) < 4.78 is 5.32. The van der Waals surface area contributed by atoms with Crippen LogP contribution in [0.5, 0.6) is 5.75 Å². The zero-order chi connectivity index (χ0) is 14.5. The van der Waals surface area contributed by atoms with Crippen LogP contribution in [0.2, 0.25) is 10.0 Å². The van der Waals surface area contributed by atoms with E-state index in [2.05, 4.69) is 5.32 Å². The SMILES string of the molecule is Nc1cccc(NC(=O)COc2cc(Cl)cc(Cl)c2)c1. The number of nitrogens with one attached hydrogen (secondary N) is 1. The average Bonchev–Trinajstić information content (AvgIpc) is 2.35. The molecule has 0 saturated heterocycles. The van der Waals surface area contributed by atoms with Crippen LogP contribution in [0.4, 0.5) is 11.4 Å². The van der Waals surface area contributed by atoms with Crippen LogP contribution in [-0.2, 0) is 4.79 Å².